The molecule has 1 heterocycles. The molecule has 5 heteroatoms. The lowest BCUT2D eigenvalue weighted by molar-refractivity contribution is -0.138. The minimum atomic E-state index is -0.969. The van der Waals surface area contributed by atoms with E-state index in [2.05, 4.69) is 10.3 Å². The van der Waals surface area contributed by atoms with Crippen molar-refractivity contribution in [2.75, 3.05) is 6.54 Å². The predicted octanol–water partition coefficient (Wildman–Crippen LogP) is 1.99. The lowest BCUT2D eigenvalue weighted by Gasteiger charge is -2.13. The summed E-state index contributed by atoms with van der Waals surface area (Å²) in [6, 6.07) is 12.2. The predicted molar refractivity (Wildman–Crippen MR) is 78.1 cm³/mol. The van der Waals surface area contributed by atoms with Crippen LogP contribution in [0.1, 0.15) is 27.5 Å². The summed E-state index contributed by atoms with van der Waals surface area (Å²) in [5, 5.41) is 11.9. The molecule has 0 fully saturated rings. The third-order valence-corrected chi connectivity index (χ3v) is 3.14. The molecular weight excluding hydrogens is 268 g/mol. The summed E-state index contributed by atoms with van der Waals surface area (Å²) in [7, 11) is 0. The van der Waals surface area contributed by atoms with Gasteiger partial charge in [0.1, 0.15) is 0 Å². The van der Waals surface area contributed by atoms with Crippen LogP contribution in [-0.4, -0.2) is 28.5 Å². The number of amides is 1. The Morgan fingerprint density at radius 2 is 1.90 bits per heavy atom. The second-order valence-corrected chi connectivity index (χ2v) is 4.70. The Hall–Kier alpha value is -2.69. The first kappa shape index (κ1) is 14.7. The van der Waals surface area contributed by atoms with E-state index in [1.807, 2.05) is 13.0 Å². The zero-order valence-electron chi connectivity index (χ0n) is 11.6. The molecule has 0 bridgehead atoms. The number of carboxylic acids is 1. The second-order valence-electron chi connectivity index (χ2n) is 4.70. The maximum atomic E-state index is 12.0. The van der Waals surface area contributed by atoms with Crippen LogP contribution < -0.4 is 5.32 Å². The van der Waals surface area contributed by atoms with Crippen LogP contribution in [0, 0.1) is 6.92 Å². The van der Waals surface area contributed by atoms with Crippen LogP contribution in [0.5, 0.6) is 0 Å². The number of carbonyl (C=O) groups is 2. The van der Waals surface area contributed by atoms with Gasteiger partial charge in [0, 0.05) is 18.4 Å². The Kier molecular flexibility index (Phi) is 4.66. The van der Waals surface area contributed by atoms with Crippen molar-refractivity contribution in [3.63, 3.8) is 0 Å². The molecule has 0 aliphatic heterocycles. The monoisotopic (exact) mass is 284 g/mol. The molecular formula is C16H16N2O3. The highest BCUT2D eigenvalue weighted by Gasteiger charge is 2.20. The molecule has 0 radical (unpaired) electrons. The highest BCUT2D eigenvalue weighted by molar-refractivity contribution is 5.94. The number of aryl methyl sites for hydroxylation is 1. The topological polar surface area (TPSA) is 79.3 Å². The smallest absolute Gasteiger partial charge is 0.312 e. The van der Waals surface area contributed by atoms with E-state index >= 15 is 0 Å². The summed E-state index contributed by atoms with van der Waals surface area (Å²) >= 11 is 0. The number of carbonyl (C=O) groups excluding carboxylic acids is 1. The lowest BCUT2D eigenvalue weighted by Crippen LogP contribution is -2.31. The fourth-order valence-electron chi connectivity index (χ4n) is 1.93. The van der Waals surface area contributed by atoms with E-state index in [-0.39, 0.29) is 12.5 Å². The van der Waals surface area contributed by atoms with Crippen LogP contribution in [0.15, 0.2) is 48.7 Å². The number of pyridine rings is 1. The van der Waals surface area contributed by atoms with E-state index < -0.39 is 11.9 Å². The summed E-state index contributed by atoms with van der Waals surface area (Å²) in [6.45, 7) is 1.86. The van der Waals surface area contributed by atoms with Crippen molar-refractivity contribution < 1.29 is 14.7 Å². The molecule has 0 aliphatic rings. The zero-order valence-corrected chi connectivity index (χ0v) is 11.6. The van der Waals surface area contributed by atoms with Gasteiger partial charge in [-0.1, -0.05) is 30.3 Å². The molecule has 0 saturated heterocycles. The second kappa shape index (κ2) is 6.65. The van der Waals surface area contributed by atoms with Gasteiger partial charge in [-0.25, -0.2) is 0 Å². The summed E-state index contributed by atoms with van der Waals surface area (Å²) in [5.74, 6) is -2.07. The Morgan fingerprint density at radius 3 is 2.48 bits per heavy atom. The highest BCUT2D eigenvalue weighted by Crippen LogP contribution is 2.15. The normalized spacial score (nSPS) is 11.7. The molecule has 5 nitrogen and oxygen atoms in total. The van der Waals surface area contributed by atoms with E-state index in [0.29, 0.717) is 11.1 Å². The maximum absolute atomic E-state index is 12.0. The Balaban J connectivity index is 2.04. The van der Waals surface area contributed by atoms with Crippen LogP contribution in [0.3, 0.4) is 0 Å². The van der Waals surface area contributed by atoms with Gasteiger partial charge in [-0.05, 0) is 24.6 Å². The van der Waals surface area contributed by atoms with Crippen LogP contribution in [0.25, 0.3) is 0 Å². The van der Waals surface area contributed by atoms with Gasteiger partial charge in [-0.2, -0.15) is 0 Å². The average molecular weight is 284 g/mol. The van der Waals surface area contributed by atoms with Crippen LogP contribution in [0.4, 0.5) is 0 Å². The molecule has 1 amide bonds. The Bertz CT molecular complexity index is 624. The largest absolute Gasteiger partial charge is 0.481 e. The molecule has 2 N–H and O–H groups in total. The number of aliphatic carboxylic acids is 1. The summed E-state index contributed by atoms with van der Waals surface area (Å²) in [6.07, 6.45) is 1.48. The molecule has 1 unspecified atom stereocenters. The Morgan fingerprint density at radius 1 is 1.19 bits per heavy atom. The standard InChI is InChI=1S/C16H16N2O3/c1-11-7-8-13(9-17-11)15(19)18-10-14(16(20)21)12-5-3-2-4-6-12/h2-9,14H,10H2,1H3,(H,18,19)(H,20,21). The summed E-state index contributed by atoms with van der Waals surface area (Å²) < 4.78 is 0. The van der Waals surface area contributed by atoms with Crippen molar-refractivity contribution in [3.8, 4) is 0 Å². The van der Waals surface area contributed by atoms with Crippen LogP contribution in [0.2, 0.25) is 0 Å². The van der Waals surface area contributed by atoms with E-state index in [1.165, 1.54) is 6.20 Å². The molecule has 0 saturated carbocycles. The van der Waals surface area contributed by atoms with Gasteiger partial charge >= 0.3 is 5.97 Å². The molecule has 1 aromatic heterocycles. The van der Waals surface area contributed by atoms with Gasteiger partial charge < -0.3 is 10.4 Å². The zero-order chi connectivity index (χ0) is 15.2. The maximum Gasteiger partial charge on any atom is 0.312 e. The van der Waals surface area contributed by atoms with Crippen molar-refractivity contribution in [3.05, 3.63) is 65.5 Å². The average Bonchev–Trinajstić information content (AvgIpc) is 2.48. The number of aromatic nitrogens is 1. The Labute approximate surface area is 122 Å². The van der Waals surface area contributed by atoms with E-state index in [4.69, 9.17) is 0 Å². The summed E-state index contributed by atoms with van der Waals surface area (Å²) in [4.78, 5) is 27.3. The molecule has 21 heavy (non-hydrogen) atoms. The minimum Gasteiger partial charge on any atom is -0.481 e. The number of carboxylic acid groups (broad SMARTS) is 1. The molecule has 2 aromatic rings. The SMILES string of the molecule is Cc1ccc(C(=O)NCC(C(=O)O)c2ccccc2)cn1. The number of rotatable bonds is 5. The van der Waals surface area contributed by atoms with Crippen LogP contribution in [-0.2, 0) is 4.79 Å². The third-order valence-electron chi connectivity index (χ3n) is 3.14. The molecule has 1 atom stereocenters. The van der Waals surface area contributed by atoms with E-state index in [0.717, 1.165) is 5.69 Å². The molecule has 1 aromatic carbocycles. The van der Waals surface area contributed by atoms with Gasteiger partial charge in [0.05, 0.1) is 11.5 Å². The lowest BCUT2D eigenvalue weighted by atomic mass is 9.99. The van der Waals surface area contributed by atoms with E-state index in [9.17, 15) is 14.7 Å². The van der Waals surface area contributed by atoms with Crippen molar-refractivity contribution >= 4 is 11.9 Å². The van der Waals surface area contributed by atoms with Gasteiger partial charge in [0.2, 0.25) is 0 Å². The van der Waals surface area contributed by atoms with Crippen molar-refractivity contribution in [1.29, 1.82) is 0 Å². The fraction of sp³-hybridized carbons (Fsp3) is 0.188. The molecule has 0 spiro atoms. The molecule has 2 rings (SSSR count). The van der Waals surface area contributed by atoms with Gasteiger partial charge in [-0.3, -0.25) is 14.6 Å². The molecule has 108 valence electrons. The number of benzene rings is 1. The van der Waals surface area contributed by atoms with Gasteiger partial charge in [0.25, 0.3) is 5.91 Å². The quantitative estimate of drug-likeness (QED) is 0.880. The number of nitrogens with zero attached hydrogens (tertiary/aromatic N) is 1. The van der Waals surface area contributed by atoms with Gasteiger partial charge in [0.15, 0.2) is 0 Å². The highest BCUT2D eigenvalue weighted by atomic mass is 16.4. The molecule has 0 aliphatic carbocycles. The number of nitrogens with one attached hydrogen (secondary N) is 1. The first-order valence-corrected chi connectivity index (χ1v) is 6.56. The van der Waals surface area contributed by atoms with Crippen molar-refractivity contribution in [1.82, 2.24) is 10.3 Å². The van der Waals surface area contributed by atoms with Gasteiger partial charge in [-0.15, -0.1) is 0 Å². The third kappa shape index (κ3) is 3.89. The van der Waals surface area contributed by atoms with Crippen LogP contribution >= 0.6 is 0 Å². The number of hydrogen-bond acceptors (Lipinski definition) is 3. The van der Waals surface area contributed by atoms with E-state index in [1.54, 1.807) is 36.4 Å². The minimum absolute atomic E-state index is 0.0338. The first-order chi connectivity index (χ1) is 10.1. The van der Waals surface area contributed by atoms with Crippen molar-refractivity contribution in [2.45, 2.75) is 12.8 Å². The van der Waals surface area contributed by atoms with Crippen molar-refractivity contribution in [2.24, 2.45) is 0 Å². The fourth-order valence-corrected chi connectivity index (χ4v) is 1.93. The number of hydrogen-bond donors (Lipinski definition) is 2. The first-order valence-electron chi connectivity index (χ1n) is 6.56. The summed E-state index contributed by atoms with van der Waals surface area (Å²) in [5.41, 5.74) is 1.89.